The maximum atomic E-state index is 14.3. The van der Waals surface area contributed by atoms with Crippen LogP contribution in [-0.4, -0.2) is 20.7 Å². The summed E-state index contributed by atoms with van der Waals surface area (Å²) in [6, 6.07) is 0.0770. The van der Waals surface area contributed by atoms with E-state index in [0.29, 0.717) is 19.2 Å². The van der Waals surface area contributed by atoms with Crippen LogP contribution in [0.3, 0.4) is 0 Å². The first-order valence-electron chi connectivity index (χ1n) is 6.89. The van der Waals surface area contributed by atoms with Crippen molar-refractivity contribution in [1.29, 1.82) is 0 Å². The summed E-state index contributed by atoms with van der Waals surface area (Å²) < 4.78 is 66.0. The molecule has 0 N–H and O–H groups in total. The Hall–Kier alpha value is -3.05. The minimum Gasteiger partial charge on any atom is -0.292 e. The minimum absolute atomic E-state index is 0.0552. The van der Waals surface area contributed by atoms with Gasteiger partial charge in [-0.3, -0.25) is 19.5 Å². The highest BCUT2D eigenvalue weighted by Crippen LogP contribution is 2.29. The van der Waals surface area contributed by atoms with Gasteiger partial charge in [-0.1, -0.05) is 0 Å². The lowest BCUT2D eigenvalue weighted by atomic mass is 10.2. The molecule has 12 heteroatoms. The molecular formula is C14H10F5N3O4. The van der Waals surface area contributed by atoms with Gasteiger partial charge in [-0.05, 0) is 12.2 Å². The van der Waals surface area contributed by atoms with Crippen molar-refractivity contribution in [3.05, 3.63) is 72.0 Å². The zero-order valence-electron chi connectivity index (χ0n) is 13.0. The Morgan fingerprint density at radius 2 is 1.92 bits per heavy atom. The van der Waals surface area contributed by atoms with E-state index in [9.17, 15) is 41.7 Å². The third-order valence-corrected chi connectivity index (χ3v) is 3.62. The van der Waals surface area contributed by atoms with Crippen molar-refractivity contribution in [2.45, 2.75) is 12.6 Å². The van der Waals surface area contributed by atoms with Gasteiger partial charge in [0.1, 0.15) is 18.2 Å². The summed E-state index contributed by atoms with van der Waals surface area (Å²) in [6.07, 6.45) is -4.45. The monoisotopic (exact) mass is 379 g/mol. The molecule has 0 aliphatic heterocycles. The van der Waals surface area contributed by atoms with Gasteiger partial charge < -0.3 is 0 Å². The van der Waals surface area contributed by atoms with Gasteiger partial charge in [-0.2, -0.15) is 13.2 Å². The van der Waals surface area contributed by atoms with Gasteiger partial charge in [-0.15, -0.1) is 0 Å². The molecule has 26 heavy (non-hydrogen) atoms. The summed E-state index contributed by atoms with van der Waals surface area (Å²) in [4.78, 5) is 34.1. The Balaban J connectivity index is 2.83. The largest absolute Gasteiger partial charge is 0.431 e. The molecule has 0 unspecified atom stereocenters. The molecule has 0 atom stereocenters. The molecule has 1 heterocycles. The molecule has 1 aromatic rings. The Labute approximate surface area is 141 Å². The highest BCUT2D eigenvalue weighted by molar-refractivity contribution is 5.66. The Morgan fingerprint density at radius 3 is 2.42 bits per heavy atom. The first-order chi connectivity index (χ1) is 12.0. The molecule has 1 aromatic heterocycles. The third-order valence-electron chi connectivity index (χ3n) is 3.62. The van der Waals surface area contributed by atoms with Crippen LogP contribution in [0.25, 0.3) is 5.70 Å². The molecule has 0 amide bonds. The van der Waals surface area contributed by atoms with Crippen LogP contribution in [0.1, 0.15) is 12.1 Å². The number of nitro groups is 1. The van der Waals surface area contributed by atoms with Gasteiger partial charge in [0.25, 0.3) is 11.3 Å². The molecule has 1 aliphatic carbocycles. The fourth-order valence-electron chi connectivity index (χ4n) is 2.34. The number of rotatable bonds is 3. The summed E-state index contributed by atoms with van der Waals surface area (Å²) in [5.41, 5.74) is -6.80. The van der Waals surface area contributed by atoms with E-state index >= 15 is 0 Å². The average Bonchev–Trinajstić information content (AvgIpc) is 2.69. The second-order valence-electron chi connectivity index (χ2n) is 5.19. The quantitative estimate of drug-likeness (QED) is 0.458. The number of allylic oxidation sites excluding steroid dienone is 5. The molecule has 0 fully saturated rings. The predicted molar refractivity (Wildman–Crippen MR) is 79.0 cm³/mol. The number of alkyl halides is 4. The first-order valence-corrected chi connectivity index (χ1v) is 6.89. The summed E-state index contributed by atoms with van der Waals surface area (Å²) in [5.74, 6) is -1.29. The lowest BCUT2D eigenvalue weighted by Gasteiger charge is -2.14. The molecule has 1 aliphatic rings. The van der Waals surface area contributed by atoms with E-state index in [4.69, 9.17) is 0 Å². The molecule has 7 nitrogen and oxygen atoms in total. The van der Waals surface area contributed by atoms with Crippen molar-refractivity contribution in [3.63, 3.8) is 0 Å². The van der Waals surface area contributed by atoms with Crippen LogP contribution in [0.15, 0.2) is 44.9 Å². The van der Waals surface area contributed by atoms with Crippen LogP contribution in [0, 0.1) is 10.1 Å². The Bertz CT molecular complexity index is 982. The van der Waals surface area contributed by atoms with Gasteiger partial charge in [0.2, 0.25) is 0 Å². The van der Waals surface area contributed by atoms with Crippen molar-refractivity contribution in [1.82, 2.24) is 9.13 Å². The lowest BCUT2D eigenvalue weighted by molar-refractivity contribution is -0.427. The van der Waals surface area contributed by atoms with Gasteiger partial charge in [0, 0.05) is 13.1 Å². The molecule has 0 saturated carbocycles. The number of hydrogen-bond donors (Lipinski definition) is 0. The molecular weight excluding hydrogens is 369 g/mol. The predicted octanol–water partition coefficient (Wildman–Crippen LogP) is 2.16. The summed E-state index contributed by atoms with van der Waals surface area (Å²) >= 11 is 0. The zero-order valence-corrected chi connectivity index (χ0v) is 13.0. The molecule has 0 radical (unpaired) electrons. The number of halogens is 5. The Morgan fingerprint density at radius 1 is 1.31 bits per heavy atom. The minimum atomic E-state index is -5.01. The average molecular weight is 379 g/mol. The van der Waals surface area contributed by atoms with Gasteiger partial charge in [-0.25, -0.2) is 18.1 Å². The molecule has 2 rings (SSSR count). The van der Waals surface area contributed by atoms with Gasteiger partial charge in [0.05, 0.1) is 22.6 Å². The topological polar surface area (TPSA) is 87.1 Å². The second-order valence-corrected chi connectivity index (χ2v) is 5.19. The van der Waals surface area contributed by atoms with E-state index in [2.05, 4.69) is 0 Å². The van der Waals surface area contributed by atoms with Crippen LogP contribution in [0.4, 0.5) is 22.0 Å². The fraction of sp³-hybridized carbons (Fsp3) is 0.286. The molecule has 0 bridgehead atoms. The van der Waals surface area contributed by atoms with E-state index in [1.165, 1.54) is 0 Å². The molecule has 0 spiro atoms. The highest BCUT2D eigenvalue weighted by Gasteiger charge is 2.35. The fourth-order valence-corrected chi connectivity index (χ4v) is 2.34. The van der Waals surface area contributed by atoms with Crippen molar-refractivity contribution in [2.75, 3.05) is 6.67 Å². The first kappa shape index (κ1) is 19.3. The van der Waals surface area contributed by atoms with Crippen LogP contribution in [0.2, 0.25) is 0 Å². The normalized spacial score (nSPS) is 15.5. The van der Waals surface area contributed by atoms with Crippen molar-refractivity contribution < 1.29 is 26.9 Å². The van der Waals surface area contributed by atoms with Crippen LogP contribution in [-0.2, 0) is 13.2 Å². The second kappa shape index (κ2) is 6.69. The van der Waals surface area contributed by atoms with Crippen LogP contribution < -0.4 is 11.2 Å². The summed E-state index contributed by atoms with van der Waals surface area (Å²) in [5, 5.41) is 10.9. The SMILES string of the molecule is Cn1c(C(F)(F)F)cc(=O)n(C2=CC(CF)=C([N+](=O)[O-])CC=C2F)c1=O. The maximum absolute atomic E-state index is 14.3. The third kappa shape index (κ3) is 3.34. The van der Waals surface area contributed by atoms with E-state index < -0.39 is 63.9 Å². The van der Waals surface area contributed by atoms with E-state index in [1.807, 2.05) is 0 Å². The molecule has 140 valence electrons. The van der Waals surface area contributed by atoms with E-state index in [0.717, 1.165) is 0 Å². The van der Waals surface area contributed by atoms with E-state index in [-0.39, 0.29) is 15.2 Å². The zero-order chi connectivity index (χ0) is 19.8. The Kier molecular flexibility index (Phi) is 4.96. The summed E-state index contributed by atoms with van der Waals surface area (Å²) in [7, 11) is 0.717. The lowest BCUT2D eigenvalue weighted by Crippen LogP contribution is -2.41. The van der Waals surface area contributed by atoms with Gasteiger partial charge in [0.15, 0.2) is 0 Å². The standard InChI is InChI=1S/C14H10F5N3O4/c1-20-11(14(17,18)19)5-12(23)21(13(20)24)10-4-7(6-15)9(22(25)26)3-2-8(10)16/h2,4-5H,3,6H2,1H3. The van der Waals surface area contributed by atoms with Crippen molar-refractivity contribution in [3.8, 4) is 0 Å². The van der Waals surface area contributed by atoms with E-state index in [1.54, 1.807) is 0 Å². The smallest absolute Gasteiger partial charge is 0.292 e. The van der Waals surface area contributed by atoms with Crippen LogP contribution in [0.5, 0.6) is 0 Å². The van der Waals surface area contributed by atoms with Gasteiger partial charge >= 0.3 is 11.9 Å². The maximum Gasteiger partial charge on any atom is 0.431 e. The van der Waals surface area contributed by atoms with Crippen molar-refractivity contribution >= 4 is 5.70 Å². The number of hydrogen-bond acceptors (Lipinski definition) is 4. The van der Waals surface area contributed by atoms with Crippen molar-refractivity contribution in [2.24, 2.45) is 7.05 Å². The number of aromatic nitrogens is 2. The number of nitrogens with zero attached hydrogens (tertiary/aromatic N) is 3. The highest BCUT2D eigenvalue weighted by atomic mass is 19.4. The molecule has 0 aromatic carbocycles. The summed E-state index contributed by atoms with van der Waals surface area (Å²) in [6.45, 7) is -1.41. The van der Waals surface area contributed by atoms with Crippen LogP contribution >= 0.6 is 0 Å². The molecule has 0 saturated heterocycles.